The molecule has 0 bridgehead atoms. The molecule has 19 heavy (non-hydrogen) atoms. The first-order chi connectivity index (χ1) is 8.75. The van der Waals surface area contributed by atoms with Crippen LogP contribution in [0.15, 0.2) is 18.2 Å². The Kier molecular flexibility index (Phi) is 5.76. The molecule has 0 unspecified atom stereocenters. The molecule has 3 N–H and O–H groups in total. The van der Waals surface area contributed by atoms with Crippen LogP contribution in [-0.4, -0.2) is 16.4 Å². The second kappa shape index (κ2) is 6.67. The second-order valence-electron chi connectivity index (χ2n) is 5.27. The molecule has 108 valence electrons. The fourth-order valence-electron chi connectivity index (χ4n) is 1.44. The van der Waals surface area contributed by atoms with Gasteiger partial charge in [0.05, 0.1) is 6.61 Å². The Bertz CT molecular complexity index is 424. The average Bonchev–Trinajstić information content (AvgIpc) is 2.30. The Hall–Kier alpha value is -0.660. The molecule has 0 aliphatic heterocycles. The molecule has 0 radical (unpaired) electrons. The van der Waals surface area contributed by atoms with Crippen molar-refractivity contribution in [1.29, 1.82) is 0 Å². The first-order valence-corrected chi connectivity index (χ1v) is 7.11. The van der Waals surface area contributed by atoms with Gasteiger partial charge in [0.2, 0.25) is 0 Å². The standard InChI is InChI=1S/C13H21FN2O2S/c1-13(2,3)19(17)16-12(15)10-7-9(8-18-4)5-6-11(10)14/h5-7,12,16H,8,15H2,1-4H3/t12-,19-/m1/s1. The van der Waals surface area contributed by atoms with Crippen molar-refractivity contribution in [2.24, 2.45) is 5.73 Å². The van der Waals surface area contributed by atoms with Gasteiger partial charge in [-0.15, -0.1) is 4.72 Å². The molecule has 0 saturated heterocycles. The number of hydrogen-bond acceptors (Lipinski definition) is 4. The molecule has 1 rings (SSSR count). The lowest BCUT2D eigenvalue weighted by molar-refractivity contribution is 0.184. The summed E-state index contributed by atoms with van der Waals surface area (Å²) in [6.07, 6.45) is -0.822. The molecule has 0 saturated carbocycles. The van der Waals surface area contributed by atoms with Crippen LogP contribution in [0.3, 0.4) is 0 Å². The van der Waals surface area contributed by atoms with Crippen LogP contribution in [0, 0.1) is 5.82 Å². The highest BCUT2D eigenvalue weighted by molar-refractivity contribution is 7.90. The zero-order valence-corrected chi connectivity index (χ0v) is 12.5. The van der Waals surface area contributed by atoms with Gasteiger partial charge in [-0.25, -0.2) is 4.39 Å². The van der Waals surface area contributed by atoms with Crippen molar-refractivity contribution in [2.75, 3.05) is 7.11 Å². The van der Waals surface area contributed by atoms with E-state index in [4.69, 9.17) is 10.5 Å². The number of hydrogen-bond donors (Lipinski definition) is 2. The van der Waals surface area contributed by atoms with E-state index in [9.17, 15) is 8.94 Å². The van der Waals surface area contributed by atoms with Gasteiger partial charge in [-0.3, -0.25) is 0 Å². The van der Waals surface area contributed by atoms with E-state index in [0.29, 0.717) is 6.61 Å². The molecule has 1 aromatic carbocycles. The van der Waals surface area contributed by atoms with Crippen LogP contribution in [0.5, 0.6) is 0 Å². The van der Waals surface area contributed by atoms with Gasteiger partial charge in [0.25, 0.3) is 0 Å². The normalized spacial score (nSPS) is 15.3. The predicted molar refractivity (Wildman–Crippen MR) is 75.1 cm³/mol. The number of rotatable bonds is 5. The molecule has 2 atom stereocenters. The van der Waals surface area contributed by atoms with Gasteiger partial charge < -0.3 is 15.0 Å². The molecule has 0 heterocycles. The third kappa shape index (κ3) is 4.74. The molecule has 0 aliphatic carbocycles. The van der Waals surface area contributed by atoms with E-state index in [-0.39, 0.29) is 5.56 Å². The number of halogens is 1. The lowest BCUT2D eigenvalue weighted by atomic mass is 10.1. The first kappa shape index (κ1) is 16.4. The summed E-state index contributed by atoms with van der Waals surface area (Å²) in [7, 11) is 1.57. The van der Waals surface area contributed by atoms with E-state index >= 15 is 0 Å². The maximum atomic E-state index is 13.7. The largest absolute Gasteiger partial charge is 0.598 e. The third-order valence-corrected chi connectivity index (χ3v) is 4.08. The first-order valence-electron chi connectivity index (χ1n) is 5.96. The Labute approximate surface area is 116 Å². The number of benzene rings is 1. The summed E-state index contributed by atoms with van der Waals surface area (Å²) in [6, 6.07) is 4.59. The number of nitrogens with one attached hydrogen (secondary N) is 1. The fraction of sp³-hybridized carbons (Fsp3) is 0.538. The summed E-state index contributed by atoms with van der Waals surface area (Å²) in [5, 5.41) is 0. The Morgan fingerprint density at radius 1 is 1.47 bits per heavy atom. The molecule has 4 nitrogen and oxygen atoms in total. The zero-order valence-electron chi connectivity index (χ0n) is 11.7. The Morgan fingerprint density at radius 3 is 2.63 bits per heavy atom. The molecule has 0 aromatic heterocycles. The van der Waals surface area contributed by atoms with Crippen LogP contribution in [0.25, 0.3) is 0 Å². The van der Waals surface area contributed by atoms with E-state index < -0.39 is 28.1 Å². The van der Waals surface area contributed by atoms with Gasteiger partial charge in [0.15, 0.2) is 0 Å². The molecule has 0 fully saturated rings. The van der Waals surface area contributed by atoms with Crippen molar-refractivity contribution >= 4 is 11.4 Å². The summed E-state index contributed by atoms with van der Waals surface area (Å²) in [4.78, 5) is 0. The maximum absolute atomic E-state index is 13.7. The Balaban J connectivity index is 2.86. The maximum Gasteiger partial charge on any atom is 0.137 e. The zero-order chi connectivity index (χ0) is 14.6. The summed E-state index contributed by atoms with van der Waals surface area (Å²) in [5.41, 5.74) is 6.98. The predicted octanol–water partition coefficient (Wildman–Crippen LogP) is 1.98. The topological polar surface area (TPSA) is 70.3 Å². The molecular weight excluding hydrogens is 267 g/mol. The third-order valence-electron chi connectivity index (χ3n) is 2.50. The van der Waals surface area contributed by atoms with Gasteiger partial charge in [0.1, 0.15) is 16.7 Å². The lowest BCUT2D eigenvalue weighted by Crippen LogP contribution is -2.44. The number of methoxy groups -OCH3 is 1. The molecule has 6 heteroatoms. The van der Waals surface area contributed by atoms with Gasteiger partial charge in [0, 0.05) is 24.0 Å². The van der Waals surface area contributed by atoms with Crippen LogP contribution in [-0.2, 0) is 22.7 Å². The van der Waals surface area contributed by atoms with Gasteiger partial charge in [-0.1, -0.05) is 6.07 Å². The number of ether oxygens (including phenoxy) is 1. The van der Waals surface area contributed by atoms with Crippen LogP contribution in [0.4, 0.5) is 4.39 Å². The second-order valence-corrected chi connectivity index (χ2v) is 7.26. The van der Waals surface area contributed by atoms with Gasteiger partial charge >= 0.3 is 0 Å². The van der Waals surface area contributed by atoms with Crippen LogP contribution in [0.2, 0.25) is 0 Å². The van der Waals surface area contributed by atoms with Gasteiger partial charge in [-0.05, 0) is 38.5 Å². The highest BCUT2D eigenvalue weighted by Gasteiger charge is 2.29. The molecular formula is C13H21FN2O2S. The van der Waals surface area contributed by atoms with Crippen LogP contribution < -0.4 is 10.5 Å². The smallest absolute Gasteiger partial charge is 0.137 e. The van der Waals surface area contributed by atoms with E-state index in [1.165, 1.54) is 6.07 Å². The quantitative estimate of drug-likeness (QED) is 0.642. The fourth-order valence-corrected chi connectivity index (χ4v) is 2.15. The number of nitrogens with two attached hydrogens (primary N) is 1. The monoisotopic (exact) mass is 288 g/mol. The van der Waals surface area contributed by atoms with Crippen LogP contribution >= 0.6 is 0 Å². The summed E-state index contributed by atoms with van der Waals surface area (Å²) in [5.74, 6) is -0.425. The average molecular weight is 288 g/mol. The van der Waals surface area contributed by atoms with Crippen molar-refractivity contribution < 1.29 is 13.7 Å². The molecule has 0 aliphatic rings. The minimum atomic E-state index is -1.36. The van der Waals surface area contributed by atoms with Crippen molar-refractivity contribution in [2.45, 2.75) is 38.3 Å². The van der Waals surface area contributed by atoms with Crippen molar-refractivity contribution in [3.63, 3.8) is 0 Å². The lowest BCUT2D eigenvalue weighted by Gasteiger charge is -2.26. The van der Waals surface area contributed by atoms with E-state index in [1.807, 2.05) is 20.8 Å². The highest BCUT2D eigenvalue weighted by Crippen LogP contribution is 2.20. The molecule has 0 spiro atoms. The van der Waals surface area contributed by atoms with E-state index in [2.05, 4.69) is 4.72 Å². The van der Waals surface area contributed by atoms with Crippen molar-refractivity contribution in [3.05, 3.63) is 35.1 Å². The van der Waals surface area contributed by atoms with Crippen molar-refractivity contribution in [3.8, 4) is 0 Å². The van der Waals surface area contributed by atoms with E-state index in [0.717, 1.165) is 5.56 Å². The van der Waals surface area contributed by atoms with Crippen LogP contribution in [0.1, 0.15) is 38.1 Å². The van der Waals surface area contributed by atoms with E-state index in [1.54, 1.807) is 19.2 Å². The summed E-state index contributed by atoms with van der Waals surface area (Å²) < 4.78 is 32.9. The summed E-state index contributed by atoms with van der Waals surface area (Å²) in [6.45, 7) is 5.84. The summed E-state index contributed by atoms with van der Waals surface area (Å²) >= 11 is -1.36. The molecule has 1 aromatic rings. The SMILES string of the molecule is COCc1ccc(F)c([C@H](N)N[S@+]([O-])C(C)(C)C)c1. The van der Waals surface area contributed by atoms with Gasteiger partial charge in [-0.2, -0.15) is 0 Å². The minimum absolute atomic E-state index is 0.284. The highest BCUT2D eigenvalue weighted by atomic mass is 32.2. The molecule has 0 amide bonds. The Morgan fingerprint density at radius 2 is 2.11 bits per heavy atom. The van der Waals surface area contributed by atoms with Crippen molar-refractivity contribution in [1.82, 2.24) is 4.72 Å². The minimum Gasteiger partial charge on any atom is -0.598 e.